The fourth-order valence-corrected chi connectivity index (χ4v) is 16.2. The van der Waals surface area contributed by atoms with Crippen LogP contribution in [0.2, 0.25) is 0 Å². The Morgan fingerprint density at radius 1 is 0.117 bits per heavy atom. The Balaban J connectivity index is 0.000000120. The van der Waals surface area contributed by atoms with E-state index in [9.17, 15) is 0 Å². The summed E-state index contributed by atoms with van der Waals surface area (Å²) < 4.78 is 0. The van der Waals surface area contributed by atoms with Crippen molar-refractivity contribution in [3.63, 3.8) is 0 Å². The van der Waals surface area contributed by atoms with Gasteiger partial charge in [0.15, 0.2) is 0 Å². The third kappa shape index (κ3) is 20.1. The van der Waals surface area contributed by atoms with Crippen LogP contribution in [0, 0.1) is 0 Å². The summed E-state index contributed by atoms with van der Waals surface area (Å²) in [5.74, 6) is 0. The molecule has 620 valence electrons. The van der Waals surface area contributed by atoms with Gasteiger partial charge in [-0.1, -0.05) is 297 Å². The molecule has 8 nitrogen and oxygen atoms in total. The minimum atomic E-state index is 1.12. The molecule has 128 heavy (non-hydrogen) atoms. The van der Waals surface area contributed by atoms with E-state index in [-0.39, 0.29) is 0 Å². The van der Waals surface area contributed by atoms with Gasteiger partial charge in [-0.2, -0.15) is 0 Å². The maximum Gasteiger partial charge on any atom is 0.0540 e. The number of rotatable bonds is 22. The number of para-hydroxylation sites is 8. The van der Waals surface area contributed by atoms with E-state index in [2.05, 4.69) is 571 Å². The highest BCUT2D eigenvalue weighted by Gasteiger charge is 2.21. The molecule has 20 rings (SSSR count). The van der Waals surface area contributed by atoms with Crippen molar-refractivity contribution in [2.24, 2.45) is 0 Å². The Bertz CT molecular complexity index is 6800. The van der Waals surface area contributed by atoms with E-state index in [0.29, 0.717) is 0 Å². The second-order valence-electron chi connectivity index (χ2n) is 31.2. The van der Waals surface area contributed by atoms with Gasteiger partial charge < -0.3 is 39.2 Å². The van der Waals surface area contributed by atoms with Gasteiger partial charge in [0.1, 0.15) is 0 Å². The van der Waals surface area contributed by atoms with E-state index in [1.165, 1.54) is 72.2 Å². The minimum absolute atomic E-state index is 1.12. The lowest BCUT2D eigenvalue weighted by molar-refractivity contribution is 1.20. The first kappa shape index (κ1) is 83.6. The second kappa shape index (κ2) is 41.0. The molecule has 20 aromatic rings. The van der Waals surface area contributed by atoms with Gasteiger partial charge in [0.05, 0.1) is 5.69 Å². The molecule has 0 saturated heterocycles. The summed E-state index contributed by atoms with van der Waals surface area (Å²) in [5.41, 5.74) is 27.8. The van der Waals surface area contributed by atoms with Crippen LogP contribution in [0.5, 0.6) is 0 Å². The summed E-state index contributed by atoms with van der Waals surface area (Å²) in [4.78, 5) is 18.0. The molecular formula is C120H100N8. The summed E-state index contributed by atoms with van der Waals surface area (Å²) in [6.45, 7) is 0. The van der Waals surface area contributed by atoms with Crippen LogP contribution in [0.4, 0.5) is 114 Å². The van der Waals surface area contributed by atoms with Gasteiger partial charge in [-0.15, -0.1) is 0 Å². The van der Waals surface area contributed by atoms with Gasteiger partial charge in [-0.05, 0) is 275 Å². The van der Waals surface area contributed by atoms with Crippen molar-refractivity contribution in [2.75, 3.05) is 67.4 Å². The van der Waals surface area contributed by atoms with Crippen LogP contribution in [-0.2, 0) is 0 Å². The van der Waals surface area contributed by atoms with Crippen LogP contribution in [0.1, 0.15) is 0 Å². The maximum atomic E-state index is 2.33. The zero-order chi connectivity index (χ0) is 87.0. The van der Waals surface area contributed by atoms with Crippen molar-refractivity contribution in [1.82, 2.24) is 0 Å². The summed E-state index contributed by atoms with van der Waals surface area (Å²) in [7, 11) is 8.40. The molecule has 0 heterocycles. The van der Waals surface area contributed by atoms with Crippen LogP contribution in [0.25, 0.3) is 43.8 Å². The molecule has 0 aromatic heterocycles. The Hall–Kier alpha value is -16.7. The van der Waals surface area contributed by atoms with Crippen LogP contribution in [0.15, 0.2) is 534 Å². The molecule has 0 fully saturated rings. The number of anilines is 20. The highest BCUT2D eigenvalue weighted by atomic mass is 15.2. The minimum Gasteiger partial charge on any atom is -0.345 e. The number of nitrogens with zero attached hydrogens (tertiary/aromatic N) is 8. The molecule has 20 aromatic carbocycles. The molecule has 0 unspecified atom stereocenters. The summed E-state index contributed by atoms with van der Waals surface area (Å²) in [6.07, 6.45) is 0. The standard InChI is InChI=1S/2C31H26N2.2C29H24N2/c1-32(27-15-7-3-8-16-27)28-20-22-30(23-21-28)33(29-17-9-4-10-18-29)31-19-11-14-26(24-31)25-12-5-2-6-13-25;1-32(27-13-7-3-8-14-27)28-21-23-31(24-22-28)33(29-15-9-4-10-16-29)30-19-17-26(18-20-30)25-11-5-2-6-12-25;1-30(24-13-4-2-5-14-24)25-19-21-27(22-20-25)31(26-15-6-3-7-16-26)29-18-10-12-23-11-8-9-17-28(23)29;1-30(25-12-4-2-5-13-25)26-18-20-28(21-19-26)31(27-14-6-3-7-15-27)29-17-16-23-10-8-9-11-24(23)22-29/h2*2-24H,1H3;2*2-22H,1H3. The lowest BCUT2D eigenvalue weighted by atomic mass is 10.0. The Morgan fingerprint density at radius 2 is 0.320 bits per heavy atom. The Morgan fingerprint density at radius 3 is 0.688 bits per heavy atom. The van der Waals surface area contributed by atoms with Crippen molar-refractivity contribution >= 4 is 135 Å². The first-order chi connectivity index (χ1) is 63.2. The lowest BCUT2D eigenvalue weighted by Crippen LogP contribution is -2.12. The molecule has 0 radical (unpaired) electrons. The van der Waals surface area contributed by atoms with Gasteiger partial charge >= 0.3 is 0 Å². The van der Waals surface area contributed by atoms with Crippen LogP contribution in [0.3, 0.4) is 0 Å². The van der Waals surface area contributed by atoms with Crippen LogP contribution < -0.4 is 39.2 Å². The average Bonchev–Trinajstić information content (AvgIpc) is 0.784. The van der Waals surface area contributed by atoms with Gasteiger partial charge in [-0.3, -0.25) is 0 Å². The van der Waals surface area contributed by atoms with Crippen LogP contribution >= 0.6 is 0 Å². The predicted octanol–water partition coefficient (Wildman–Crippen LogP) is 33.3. The van der Waals surface area contributed by atoms with Crippen LogP contribution in [-0.4, -0.2) is 28.2 Å². The van der Waals surface area contributed by atoms with Gasteiger partial charge in [0.2, 0.25) is 0 Å². The highest BCUT2D eigenvalue weighted by Crippen LogP contribution is 2.44. The van der Waals surface area contributed by atoms with Crippen molar-refractivity contribution in [3.8, 4) is 22.3 Å². The van der Waals surface area contributed by atoms with E-state index >= 15 is 0 Å². The average molecular weight is 1650 g/mol. The zero-order valence-electron chi connectivity index (χ0n) is 72.4. The smallest absolute Gasteiger partial charge is 0.0540 e. The van der Waals surface area contributed by atoms with Gasteiger partial charge in [-0.25, -0.2) is 0 Å². The molecule has 8 heteroatoms. The molecule has 0 atom stereocenters. The van der Waals surface area contributed by atoms with Gasteiger partial charge in [0, 0.05) is 142 Å². The molecule has 0 bridgehead atoms. The largest absolute Gasteiger partial charge is 0.345 e. The van der Waals surface area contributed by atoms with Gasteiger partial charge in [0.25, 0.3) is 0 Å². The van der Waals surface area contributed by atoms with E-state index in [1.54, 1.807) is 0 Å². The lowest BCUT2D eigenvalue weighted by Gasteiger charge is -2.27. The predicted molar refractivity (Wildman–Crippen MR) is 548 cm³/mol. The van der Waals surface area contributed by atoms with E-state index < -0.39 is 0 Å². The molecule has 0 N–H and O–H groups in total. The third-order valence-corrected chi connectivity index (χ3v) is 23.1. The molecule has 0 aliphatic heterocycles. The van der Waals surface area contributed by atoms with Crippen molar-refractivity contribution in [3.05, 3.63) is 534 Å². The van der Waals surface area contributed by atoms with Crippen molar-refractivity contribution < 1.29 is 0 Å². The number of hydrogen-bond acceptors (Lipinski definition) is 8. The van der Waals surface area contributed by atoms with Crippen molar-refractivity contribution in [1.29, 1.82) is 0 Å². The fraction of sp³-hybridized carbons (Fsp3) is 0.0333. The topological polar surface area (TPSA) is 25.9 Å². The molecule has 0 amide bonds. The van der Waals surface area contributed by atoms with E-state index in [1.807, 2.05) is 30.3 Å². The molecule has 0 saturated carbocycles. The molecule has 0 aliphatic carbocycles. The Kier molecular flexibility index (Phi) is 26.8. The fourth-order valence-electron chi connectivity index (χ4n) is 16.2. The monoisotopic (exact) mass is 1650 g/mol. The second-order valence-corrected chi connectivity index (χ2v) is 31.2. The van der Waals surface area contributed by atoms with Crippen molar-refractivity contribution in [2.45, 2.75) is 0 Å². The molecule has 0 aliphatic rings. The van der Waals surface area contributed by atoms with E-state index in [4.69, 9.17) is 0 Å². The highest BCUT2D eigenvalue weighted by molar-refractivity contribution is 5.99. The summed E-state index contributed by atoms with van der Waals surface area (Å²) in [6, 6.07) is 187. The molecule has 0 spiro atoms. The normalized spacial score (nSPS) is 10.7. The zero-order valence-corrected chi connectivity index (χ0v) is 72.4. The number of hydrogen-bond donors (Lipinski definition) is 0. The summed E-state index contributed by atoms with van der Waals surface area (Å²) in [5, 5.41) is 4.96. The third-order valence-electron chi connectivity index (χ3n) is 23.1. The number of benzene rings is 20. The Labute approximate surface area is 753 Å². The first-order valence-corrected chi connectivity index (χ1v) is 43.4. The quantitative estimate of drug-likeness (QED) is 0.0662. The van der Waals surface area contributed by atoms with E-state index in [0.717, 1.165) is 85.3 Å². The SMILES string of the molecule is CN(c1ccccc1)c1ccc(N(c2ccccc2)c2ccc(-c3ccccc3)cc2)cc1.CN(c1ccccc1)c1ccc(N(c2ccccc2)c2ccc3ccccc3c2)cc1.CN(c1ccccc1)c1ccc(N(c2ccccc2)c2cccc(-c3ccccc3)c2)cc1.CN(c1ccccc1)c1ccc(N(c2ccccc2)c2cccc3ccccc23)cc1. The molecular weight excluding hydrogens is 1550 g/mol. The summed E-state index contributed by atoms with van der Waals surface area (Å²) >= 11 is 0. The number of fused-ring (bicyclic) bond motifs is 2. The first-order valence-electron chi connectivity index (χ1n) is 43.4. The maximum absolute atomic E-state index is 2.33.